The van der Waals surface area contributed by atoms with E-state index in [1.165, 1.54) is 6.33 Å². The summed E-state index contributed by atoms with van der Waals surface area (Å²) in [6.45, 7) is 2.52. The summed E-state index contributed by atoms with van der Waals surface area (Å²) >= 11 is 0. The van der Waals surface area contributed by atoms with Gasteiger partial charge in [-0.1, -0.05) is 0 Å². The fourth-order valence-electron chi connectivity index (χ4n) is 0.740. The molecule has 0 radical (unpaired) electrons. The topological polar surface area (TPSA) is 89.8 Å². The Morgan fingerprint density at radius 1 is 1.67 bits per heavy atom. The molecular formula is C6H13N5O. The molecule has 1 aromatic rings. The lowest BCUT2D eigenvalue weighted by molar-refractivity contribution is 0.0541. The van der Waals surface area contributed by atoms with Crippen LogP contribution < -0.4 is 5.73 Å². The minimum atomic E-state index is -0.827. The average molecular weight is 171 g/mol. The van der Waals surface area contributed by atoms with Crippen molar-refractivity contribution in [2.24, 2.45) is 5.73 Å². The predicted octanol–water partition coefficient (Wildman–Crippen LogP) is -1.23. The molecule has 1 aromatic heterocycles. The number of hydrogen-bond acceptors (Lipinski definition) is 5. The molecule has 0 amide bonds. The maximum Gasteiger partial charge on any atom is 0.138 e. The molecule has 0 aromatic carbocycles. The highest BCUT2D eigenvalue weighted by Gasteiger charge is 2.17. The number of rotatable bonds is 4. The van der Waals surface area contributed by atoms with Crippen LogP contribution in [0, 0.1) is 0 Å². The van der Waals surface area contributed by atoms with Crippen LogP contribution in [0.4, 0.5) is 0 Å². The molecule has 1 heterocycles. The normalized spacial score (nSPS) is 15.9. The second-order valence-electron chi connectivity index (χ2n) is 3.02. The number of nitrogens with two attached hydrogens (primary N) is 1. The number of tetrazole rings is 1. The minimum absolute atomic E-state index is 0.245. The van der Waals surface area contributed by atoms with Gasteiger partial charge in [0.2, 0.25) is 0 Å². The van der Waals surface area contributed by atoms with Gasteiger partial charge >= 0.3 is 0 Å². The van der Waals surface area contributed by atoms with E-state index in [0.29, 0.717) is 13.0 Å². The molecule has 1 rings (SSSR count). The van der Waals surface area contributed by atoms with Crippen molar-refractivity contribution in [1.82, 2.24) is 20.2 Å². The zero-order chi connectivity index (χ0) is 9.03. The van der Waals surface area contributed by atoms with Crippen LogP contribution >= 0.6 is 0 Å². The van der Waals surface area contributed by atoms with Crippen molar-refractivity contribution in [3.63, 3.8) is 0 Å². The lowest BCUT2D eigenvalue weighted by Gasteiger charge is -2.19. The van der Waals surface area contributed by atoms with E-state index in [-0.39, 0.29) is 6.54 Å². The van der Waals surface area contributed by atoms with E-state index >= 15 is 0 Å². The third kappa shape index (κ3) is 2.55. The minimum Gasteiger partial charge on any atom is -0.389 e. The Morgan fingerprint density at radius 3 is 2.92 bits per heavy atom. The molecule has 0 saturated heterocycles. The third-order valence-electron chi connectivity index (χ3n) is 1.71. The monoisotopic (exact) mass is 171 g/mol. The van der Waals surface area contributed by atoms with Gasteiger partial charge in [0.25, 0.3) is 0 Å². The van der Waals surface area contributed by atoms with Crippen LogP contribution in [-0.4, -0.2) is 37.5 Å². The van der Waals surface area contributed by atoms with Crippen LogP contribution in [0.3, 0.4) is 0 Å². The van der Waals surface area contributed by atoms with Crippen LogP contribution in [0.25, 0.3) is 0 Å². The molecular weight excluding hydrogens is 158 g/mol. The van der Waals surface area contributed by atoms with Crippen LogP contribution in [0.2, 0.25) is 0 Å². The molecule has 3 N–H and O–H groups in total. The summed E-state index contributed by atoms with van der Waals surface area (Å²) in [6.07, 6.45) is 2.06. The fourth-order valence-corrected chi connectivity index (χ4v) is 0.740. The molecule has 0 saturated carbocycles. The van der Waals surface area contributed by atoms with Gasteiger partial charge in [0.05, 0.1) is 5.60 Å². The van der Waals surface area contributed by atoms with Gasteiger partial charge < -0.3 is 10.8 Å². The highest BCUT2D eigenvalue weighted by molar-refractivity contribution is 4.72. The molecule has 68 valence electrons. The van der Waals surface area contributed by atoms with Gasteiger partial charge in [0.15, 0.2) is 0 Å². The van der Waals surface area contributed by atoms with Gasteiger partial charge in [0.1, 0.15) is 6.33 Å². The molecule has 0 aliphatic carbocycles. The Kier molecular flexibility index (Phi) is 2.72. The zero-order valence-electron chi connectivity index (χ0n) is 7.01. The van der Waals surface area contributed by atoms with Crippen LogP contribution in [0.5, 0.6) is 0 Å². The van der Waals surface area contributed by atoms with Crippen molar-refractivity contribution in [2.45, 2.75) is 25.5 Å². The van der Waals surface area contributed by atoms with Gasteiger partial charge in [-0.15, -0.1) is 5.10 Å². The molecule has 0 aliphatic heterocycles. The summed E-state index contributed by atoms with van der Waals surface area (Å²) in [4.78, 5) is 0. The standard InChI is InChI=1S/C6H13N5O/c1-6(12,4-7)2-3-11-5-8-9-10-11/h5,12H,2-4,7H2,1H3. The van der Waals surface area contributed by atoms with Crippen molar-refractivity contribution in [3.8, 4) is 0 Å². The summed E-state index contributed by atoms with van der Waals surface area (Å²) in [6, 6.07) is 0. The summed E-state index contributed by atoms with van der Waals surface area (Å²) in [5.74, 6) is 0. The van der Waals surface area contributed by atoms with E-state index in [4.69, 9.17) is 5.73 Å². The number of nitrogens with zero attached hydrogens (tertiary/aromatic N) is 4. The third-order valence-corrected chi connectivity index (χ3v) is 1.71. The van der Waals surface area contributed by atoms with Crippen molar-refractivity contribution in [2.75, 3.05) is 6.54 Å². The largest absolute Gasteiger partial charge is 0.389 e. The van der Waals surface area contributed by atoms with Gasteiger partial charge in [0, 0.05) is 13.1 Å². The Balaban J connectivity index is 2.36. The van der Waals surface area contributed by atoms with Gasteiger partial charge in [-0.05, 0) is 23.8 Å². The maximum absolute atomic E-state index is 9.52. The average Bonchev–Trinajstić information content (AvgIpc) is 2.53. The van der Waals surface area contributed by atoms with Crippen LogP contribution in [0.1, 0.15) is 13.3 Å². The molecule has 1 unspecified atom stereocenters. The van der Waals surface area contributed by atoms with Gasteiger partial charge in [-0.25, -0.2) is 4.68 Å². The zero-order valence-corrected chi connectivity index (χ0v) is 7.01. The molecule has 0 fully saturated rings. The molecule has 6 heteroatoms. The Hall–Kier alpha value is -1.01. The molecule has 6 nitrogen and oxygen atoms in total. The summed E-state index contributed by atoms with van der Waals surface area (Å²) in [5.41, 5.74) is 4.51. The predicted molar refractivity (Wildman–Crippen MR) is 42.1 cm³/mol. The van der Waals surface area contributed by atoms with E-state index in [9.17, 15) is 5.11 Å². The SMILES string of the molecule is CC(O)(CN)CCn1cnnn1. The molecule has 12 heavy (non-hydrogen) atoms. The Bertz CT molecular complexity index is 220. The fraction of sp³-hybridized carbons (Fsp3) is 0.833. The first kappa shape index (κ1) is 9.08. The first-order valence-electron chi connectivity index (χ1n) is 3.77. The maximum atomic E-state index is 9.52. The lowest BCUT2D eigenvalue weighted by atomic mass is 10.0. The van der Waals surface area contributed by atoms with Crippen molar-refractivity contribution in [1.29, 1.82) is 0 Å². The van der Waals surface area contributed by atoms with E-state index in [2.05, 4.69) is 15.5 Å². The van der Waals surface area contributed by atoms with Gasteiger partial charge in [-0.3, -0.25) is 0 Å². The number of hydrogen-bond donors (Lipinski definition) is 2. The number of aryl methyl sites for hydroxylation is 1. The van der Waals surface area contributed by atoms with E-state index in [1.807, 2.05) is 0 Å². The Morgan fingerprint density at radius 2 is 2.42 bits per heavy atom. The highest BCUT2D eigenvalue weighted by Crippen LogP contribution is 2.07. The highest BCUT2D eigenvalue weighted by atomic mass is 16.3. The second kappa shape index (κ2) is 3.59. The first-order valence-corrected chi connectivity index (χ1v) is 3.77. The van der Waals surface area contributed by atoms with E-state index < -0.39 is 5.60 Å². The summed E-state index contributed by atoms with van der Waals surface area (Å²) in [5, 5.41) is 20.1. The van der Waals surface area contributed by atoms with E-state index in [1.54, 1.807) is 11.6 Å². The molecule has 1 atom stereocenters. The smallest absolute Gasteiger partial charge is 0.138 e. The van der Waals surface area contributed by atoms with Crippen molar-refractivity contribution in [3.05, 3.63) is 6.33 Å². The van der Waals surface area contributed by atoms with Crippen molar-refractivity contribution < 1.29 is 5.11 Å². The molecule has 0 aliphatic rings. The number of aliphatic hydroxyl groups is 1. The summed E-state index contributed by atoms with van der Waals surface area (Å²) in [7, 11) is 0. The number of aromatic nitrogens is 4. The molecule has 0 spiro atoms. The van der Waals surface area contributed by atoms with Crippen LogP contribution in [0.15, 0.2) is 6.33 Å². The summed E-state index contributed by atoms with van der Waals surface area (Å²) < 4.78 is 1.56. The first-order chi connectivity index (χ1) is 5.64. The quantitative estimate of drug-likeness (QED) is 0.592. The lowest BCUT2D eigenvalue weighted by Crippen LogP contribution is -2.35. The van der Waals surface area contributed by atoms with E-state index in [0.717, 1.165) is 0 Å². The Labute approximate surface area is 70.4 Å². The molecule has 0 bridgehead atoms. The van der Waals surface area contributed by atoms with Gasteiger partial charge in [-0.2, -0.15) is 0 Å². The van der Waals surface area contributed by atoms with Crippen LogP contribution in [-0.2, 0) is 6.54 Å². The second-order valence-corrected chi connectivity index (χ2v) is 3.02. The van der Waals surface area contributed by atoms with Crippen molar-refractivity contribution >= 4 is 0 Å².